The molecule has 0 fully saturated rings. The molecule has 0 aliphatic rings. The summed E-state index contributed by atoms with van der Waals surface area (Å²) in [6.07, 6.45) is 0. The highest BCUT2D eigenvalue weighted by molar-refractivity contribution is 7.89. The zero-order valence-corrected chi connectivity index (χ0v) is 11.3. The van der Waals surface area contributed by atoms with Gasteiger partial charge < -0.3 is 11.5 Å². The number of nitrogen functional groups attached to an aromatic ring is 1. The van der Waals surface area contributed by atoms with E-state index in [1.54, 1.807) is 13.0 Å². The fraction of sp³-hybridized carbons (Fsp3) is 0.300. The van der Waals surface area contributed by atoms with Gasteiger partial charge in [-0.3, -0.25) is 4.79 Å². The van der Waals surface area contributed by atoms with Crippen LogP contribution in [0.2, 0.25) is 5.02 Å². The van der Waals surface area contributed by atoms with Gasteiger partial charge in [0.15, 0.2) is 0 Å². The summed E-state index contributed by atoms with van der Waals surface area (Å²) < 4.78 is 25.5. The van der Waals surface area contributed by atoms with Gasteiger partial charge in [-0.15, -0.1) is 0 Å². The number of nitrogens with zero attached hydrogens (tertiary/aromatic N) is 1. The van der Waals surface area contributed by atoms with Crippen molar-refractivity contribution in [2.45, 2.75) is 11.8 Å². The Morgan fingerprint density at radius 3 is 2.50 bits per heavy atom. The summed E-state index contributed by atoms with van der Waals surface area (Å²) in [4.78, 5) is 10.7. The van der Waals surface area contributed by atoms with E-state index in [0.717, 1.165) is 4.31 Å². The van der Waals surface area contributed by atoms with E-state index >= 15 is 0 Å². The van der Waals surface area contributed by atoms with Crippen molar-refractivity contribution in [2.24, 2.45) is 5.73 Å². The Morgan fingerprint density at radius 2 is 2.06 bits per heavy atom. The number of hydrogen-bond donors (Lipinski definition) is 2. The average Bonchev–Trinajstić information content (AvgIpc) is 2.24. The minimum Gasteiger partial charge on any atom is -0.398 e. The number of amides is 1. The largest absolute Gasteiger partial charge is 0.398 e. The van der Waals surface area contributed by atoms with Gasteiger partial charge in [-0.05, 0) is 12.1 Å². The zero-order chi connectivity index (χ0) is 13.9. The van der Waals surface area contributed by atoms with Crippen LogP contribution in [0.25, 0.3) is 0 Å². The molecule has 18 heavy (non-hydrogen) atoms. The second kappa shape index (κ2) is 5.55. The smallest absolute Gasteiger partial charge is 0.247 e. The monoisotopic (exact) mass is 291 g/mol. The Kier molecular flexibility index (Phi) is 4.55. The summed E-state index contributed by atoms with van der Waals surface area (Å²) >= 11 is 5.85. The predicted octanol–water partition coefficient (Wildman–Crippen LogP) is 0.418. The van der Waals surface area contributed by atoms with Gasteiger partial charge in [0.2, 0.25) is 15.9 Å². The van der Waals surface area contributed by atoms with Crippen molar-refractivity contribution in [1.82, 2.24) is 4.31 Å². The van der Waals surface area contributed by atoms with Crippen LogP contribution in [0.1, 0.15) is 6.92 Å². The lowest BCUT2D eigenvalue weighted by atomic mass is 10.3. The van der Waals surface area contributed by atoms with E-state index in [4.69, 9.17) is 23.1 Å². The van der Waals surface area contributed by atoms with Crippen molar-refractivity contribution in [3.05, 3.63) is 23.2 Å². The van der Waals surface area contributed by atoms with E-state index in [-0.39, 0.29) is 22.2 Å². The third kappa shape index (κ3) is 2.92. The summed E-state index contributed by atoms with van der Waals surface area (Å²) in [6.45, 7) is 1.27. The molecule has 1 amide bonds. The lowest BCUT2D eigenvalue weighted by molar-refractivity contribution is -0.118. The molecule has 0 aromatic heterocycles. The molecule has 100 valence electrons. The highest BCUT2D eigenvalue weighted by Crippen LogP contribution is 2.29. The van der Waals surface area contributed by atoms with E-state index in [9.17, 15) is 13.2 Å². The molecule has 8 heteroatoms. The van der Waals surface area contributed by atoms with Crippen LogP contribution in [0.5, 0.6) is 0 Å². The first-order valence-electron chi connectivity index (χ1n) is 5.13. The third-order valence-corrected chi connectivity index (χ3v) is 4.75. The SMILES string of the molecule is CCN(CC(N)=O)S(=O)(=O)c1c(N)cccc1Cl. The van der Waals surface area contributed by atoms with Crippen LogP contribution in [0.15, 0.2) is 23.1 Å². The normalized spacial score (nSPS) is 11.7. The molecule has 0 bridgehead atoms. The lowest BCUT2D eigenvalue weighted by Gasteiger charge is -2.20. The zero-order valence-electron chi connectivity index (χ0n) is 9.76. The molecule has 0 saturated heterocycles. The second-order valence-electron chi connectivity index (χ2n) is 3.56. The molecule has 0 spiro atoms. The van der Waals surface area contributed by atoms with Crippen molar-refractivity contribution in [1.29, 1.82) is 0 Å². The quantitative estimate of drug-likeness (QED) is 0.767. The van der Waals surface area contributed by atoms with Gasteiger partial charge in [-0.1, -0.05) is 24.6 Å². The van der Waals surface area contributed by atoms with Gasteiger partial charge in [-0.2, -0.15) is 4.31 Å². The maximum Gasteiger partial charge on any atom is 0.247 e. The number of halogens is 1. The standard InChI is InChI=1S/C10H14ClN3O3S/c1-2-14(6-9(13)15)18(16,17)10-7(11)4-3-5-8(10)12/h3-5H,2,6,12H2,1H3,(H2,13,15). The number of benzene rings is 1. The molecule has 0 saturated carbocycles. The Bertz CT molecular complexity index is 539. The molecule has 6 nitrogen and oxygen atoms in total. The molecule has 0 heterocycles. The summed E-state index contributed by atoms with van der Waals surface area (Å²) in [5.41, 5.74) is 10.7. The van der Waals surface area contributed by atoms with Crippen LogP contribution in [0.4, 0.5) is 5.69 Å². The number of likely N-dealkylation sites (N-methyl/N-ethyl adjacent to an activating group) is 1. The molecule has 1 aromatic rings. The minimum absolute atomic E-state index is 0.0120. The van der Waals surface area contributed by atoms with E-state index < -0.39 is 22.5 Å². The maximum absolute atomic E-state index is 12.3. The van der Waals surface area contributed by atoms with Crippen molar-refractivity contribution < 1.29 is 13.2 Å². The number of rotatable bonds is 5. The molecular formula is C10H14ClN3O3S. The van der Waals surface area contributed by atoms with Crippen molar-refractivity contribution >= 4 is 33.2 Å². The summed E-state index contributed by atoms with van der Waals surface area (Å²) in [5.74, 6) is -0.744. The fourth-order valence-corrected chi connectivity index (χ4v) is 3.52. The molecule has 4 N–H and O–H groups in total. The maximum atomic E-state index is 12.3. The van der Waals surface area contributed by atoms with Gasteiger partial charge >= 0.3 is 0 Å². The third-order valence-electron chi connectivity index (χ3n) is 2.28. The Morgan fingerprint density at radius 1 is 1.44 bits per heavy atom. The van der Waals surface area contributed by atoms with Gasteiger partial charge in [0, 0.05) is 6.54 Å². The van der Waals surface area contributed by atoms with Crippen molar-refractivity contribution in [3.63, 3.8) is 0 Å². The number of carbonyl (C=O) groups excluding carboxylic acids is 1. The Hall–Kier alpha value is -1.31. The minimum atomic E-state index is -3.93. The molecule has 0 aliphatic carbocycles. The predicted molar refractivity (Wildman–Crippen MR) is 69.5 cm³/mol. The van der Waals surface area contributed by atoms with E-state index in [0.29, 0.717) is 0 Å². The van der Waals surface area contributed by atoms with Gasteiger partial charge in [-0.25, -0.2) is 8.42 Å². The first-order chi connectivity index (χ1) is 8.30. The lowest BCUT2D eigenvalue weighted by Crippen LogP contribution is -2.38. The number of sulfonamides is 1. The number of carbonyl (C=O) groups is 1. The summed E-state index contributed by atoms with van der Waals surface area (Å²) in [5, 5.41) is 0.0120. The number of hydrogen-bond acceptors (Lipinski definition) is 4. The van der Waals surface area contributed by atoms with E-state index in [1.165, 1.54) is 12.1 Å². The van der Waals surface area contributed by atoms with Gasteiger partial charge in [0.25, 0.3) is 0 Å². The number of anilines is 1. The molecule has 0 atom stereocenters. The van der Waals surface area contributed by atoms with Crippen molar-refractivity contribution in [3.8, 4) is 0 Å². The summed E-state index contributed by atoms with van der Waals surface area (Å²) in [7, 11) is -3.93. The molecule has 0 unspecified atom stereocenters. The molecular weight excluding hydrogens is 278 g/mol. The first kappa shape index (κ1) is 14.7. The molecule has 0 aliphatic heterocycles. The van der Waals surface area contributed by atoms with Crippen LogP contribution in [-0.2, 0) is 14.8 Å². The average molecular weight is 292 g/mol. The van der Waals surface area contributed by atoms with Crippen molar-refractivity contribution in [2.75, 3.05) is 18.8 Å². The van der Waals surface area contributed by atoms with Crippen LogP contribution in [0, 0.1) is 0 Å². The first-order valence-corrected chi connectivity index (χ1v) is 6.95. The Balaban J connectivity index is 3.32. The van der Waals surface area contributed by atoms with E-state index in [1.807, 2.05) is 0 Å². The molecule has 1 rings (SSSR count). The van der Waals surface area contributed by atoms with E-state index in [2.05, 4.69) is 0 Å². The number of primary amides is 1. The highest BCUT2D eigenvalue weighted by Gasteiger charge is 2.28. The topological polar surface area (TPSA) is 106 Å². The highest BCUT2D eigenvalue weighted by atomic mass is 35.5. The summed E-state index contributed by atoms with van der Waals surface area (Å²) in [6, 6.07) is 4.39. The second-order valence-corrected chi connectivity index (χ2v) is 5.84. The van der Waals surface area contributed by atoms with Crippen LogP contribution in [-0.4, -0.2) is 31.7 Å². The van der Waals surface area contributed by atoms with Crippen LogP contribution >= 0.6 is 11.6 Å². The van der Waals surface area contributed by atoms with Crippen LogP contribution < -0.4 is 11.5 Å². The number of nitrogens with two attached hydrogens (primary N) is 2. The van der Waals surface area contributed by atoms with Gasteiger partial charge in [0.05, 0.1) is 17.3 Å². The molecule has 1 aromatic carbocycles. The van der Waals surface area contributed by atoms with Crippen LogP contribution in [0.3, 0.4) is 0 Å². The molecule has 0 radical (unpaired) electrons. The van der Waals surface area contributed by atoms with Gasteiger partial charge in [0.1, 0.15) is 4.90 Å². The fourth-order valence-electron chi connectivity index (χ4n) is 1.47. The Labute approximate surface area is 111 Å².